The summed E-state index contributed by atoms with van der Waals surface area (Å²) in [6.45, 7) is 6.82. The van der Waals surface area contributed by atoms with Crippen LogP contribution in [0.2, 0.25) is 0 Å². The third kappa shape index (κ3) is 5.97. The van der Waals surface area contributed by atoms with Gasteiger partial charge in [0.05, 0.1) is 0 Å². The molecule has 0 aliphatic heterocycles. The number of nitrogens with zero attached hydrogens (tertiary/aromatic N) is 1. The molecule has 0 aromatic heterocycles. The van der Waals surface area contributed by atoms with Crippen molar-refractivity contribution in [3.05, 3.63) is 29.8 Å². The molecule has 104 valence electrons. The first kappa shape index (κ1) is 17.6. The van der Waals surface area contributed by atoms with Crippen LogP contribution in [0.3, 0.4) is 0 Å². The predicted octanol–water partition coefficient (Wildman–Crippen LogP) is 5.25. The second-order valence-corrected chi connectivity index (χ2v) is 4.76. The Bertz CT molecular complexity index is 290. The lowest BCUT2D eigenvalue weighted by Gasteiger charge is -2.24. The summed E-state index contributed by atoms with van der Waals surface area (Å²) in [7, 11) is 0. The zero-order chi connectivity index (χ0) is 12.5. The number of unbranched alkanes of at least 4 members (excludes halogenated alkanes) is 2. The standard InChI is InChI=1S/C15H24ClN.ClH/c1-3-5-11-17(12-6-4-2)15-9-7-14(13-16)8-10-15;/h7-10H,3-6,11-13H2,1-2H3;1H. The second kappa shape index (κ2) is 10.5. The van der Waals surface area contributed by atoms with Gasteiger partial charge in [-0.3, -0.25) is 0 Å². The Balaban J connectivity index is 0.00000289. The highest BCUT2D eigenvalue weighted by molar-refractivity contribution is 6.17. The van der Waals surface area contributed by atoms with Gasteiger partial charge in [0, 0.05) is 24.7 Å². The fourth-order valence-corrected chi connectivity index (χ4v) is 2.04. The van der Waals surface area contributed by atoms with E-state index in [4.69, 9.17) is 11.6 Å². The van der Waals surface area contributed by atoms with Gasteiger partial charge in [-0.15, -0.1) is 24.0 Å². The summed E-state index contributed by atoms with van der Waals surface area (Å²) in [5, 5.41) is 0. The Labute approximate surface area is 123 Å². The van der Waals surface area contributed by atoms with E-state index in [0.717, 1.165) is 13.1 Å². The molecule has 0 aliphatic carbocycles. The molecule has 0 spiro atoms. The van der Waals surface area contributed by atoms with Crippen molar-refractivity contribution >= 4 is 29.7 Å². The van der Waals surface area contributed by atoms with Gasteiger partial charge in [0.1, 0.15) is 0 Å². The van der Waals surface area contributed by atoms with Crippen LogP contribution in [0.5, 0.6) is 0 Å². The largest absolute Gasteiger partial charge is 0.372 e. The lowest BCUT2D eigenvalue weighted by Crippen LogP contribution is -2.25. The minimum absolute atomic E-state index is 0. The van der Waals surface area contributed by atoms with Crippen LogP contribution in [-0.2, 0) is 5.88 Å². The first-order valence-corrected chi connectivity index (χ1v) is 7.25. The normalized spacial score (nSPS) is 9.94. The van der Waals surface area contributed by atoms with Crippen LogP contribution < -0.4 is 4.90 Å². The Kier molecular flexibility index (Phi) is 10.3. The van der Waals surface area contributed by atoms with Gasteiger partial charge in [0.2, 0.25) is 0 Å². The lowest BCUT2D eigenvalue weighted by atomic mass is 10.2. The van der Waals surface area contributed by atoms with E-state index in [1.165, 1.54) is 36.9 Å². The number of halogens is 2. The fourth-order valence-electron chi connectivity index (χ4n) is 1.86. The molecule has 3 heteroatoms. The van der Waals surface area contributed by atoms with Crippen LogP contribution in [0, 0.1) is 0 Å². The molecule has 0 bridgehead atoms. The maximum absolute atomic E-state index is 5.81. The smallest absolute Gasteiger partial charge is 0.0474 e. The summed E-state index contributed by atoms with van der Waals surface area (Å²) in [5.74, 6) is 0.601. The number of benzene rings is 1. The first-order valence-electron chi connectivity index (χ1n) is 6.71. The molecule has 0 atom stereocenters. The highest BCUT2D eigenvalue weighted by atomic mass is 35.5. The van der Waals surface area contributed by atoms with Crippen molar-refractivity contribution in [3.8, 4) is 0 Å². The summed E-state index contributed by atoms with van der Waals surface area (Å²) in [6, 6.07) is 8.66. The Morgan fingerprint density at radius 1 is 0.944 bits per heavy atom. The maximum Gasteiger partial charge on any atom is 0.0474 e. The molecule has 0 radical (unpaired) electrons. The van der Waals surface area contributed by atoms with E-state index in [1.807, 2.05) is 0 Å². The van der Waals surface area contributed by atoms with Crippen LogP contribution in [0.4, 0.5) is 5.69 Å². The van der Waals surface area contributed by atoms with E-state index in [0.29, 0.717) is 5.88 Å². The number of alkyl halides is 1. The fraction of sp³-hybridized carbons (Fsp3) is 0.600. The van der Waals surface area contributed by atoms with E-state index < -0.39 is 0 Å². The van der Waals surface area contributed by atoms with Gasteiger partial charge in [-0.25, -0.2) is 0 Å². The summed E-state index contributed by atoms with van der Waals surface area (Å²) in [5.41, 5.74) is 2.53. The predicted molar refractivity (Wildman–Crippen MR) is 85.3 cm³/mol. The number of rotatable bonds is 8. The van der Waals surface area contributed by atoms with Crippen molar-refractivity contribution in [1.29, 1.82) is 0 Å². The summed E-state index contributed by atoms with van der Waals surface area (Å²) >= 11 is 5.81. The van der Waals surface area contributed by atoms with E-state index >= 15 is 0 Å². The molecule has 1 aromatic rings. The van der Waals surface area contributed by atoms with Crippen LogP contribution >= 0.6 is 24.0 Å². The van der Waals surface area contributed by atoms with Crippen LogP contribution in [0.15, 0.2) is 24.3 Å². The lowest BCUT2D eigenvalue weighted by molar-refractivity contribution is 0.678. The molecular weight excluding hydrogens is 265 g/mol. The third-order valence-electron chi connectivity index (χ3n) is 3.02. The number of hydrogen-bond acceptors (Lipinski definition) is 1. The van der Waals surface area contributed by atoms with Crippen molar-refractivity contribution in [2.24, 2.45) is 0 Å². The number of hydrogen-bond donors (Lipinski definition) is 0. The minimum atomic E-state index is 0. The molecule has 0 saturated carbocycles. The highest BCUT2D eigenvalue weighted by Gasteiger charge is 2.05. The molecule has 0 aliphatic rings. The topological polar surface area (TPSA) is 3.24 Å². The Hall–Kier alpha value is -0.400. The van der Waals surface area contributed by atoms with E-state index in [-0.39, 0.29) is 12.4 Å². The Morgan fingerprint density at radius 2 is 1.44 bits per heavy atom. The third-order valence-corrected chi connectivity index (χ3v) is 3.33. The molecule has 1 aromatic carbocycles. The molecule has 0 fully saturated rings. The minimum Gasteiger partial charge on any atom is -0.372 e. The highest BCUT2D eigenvalue weighted by Crippen LogP contribution is 2.17. The van der Waals surface area contributed by atoms with E-state index in [9.17, 15) is 0 Å². The van der Waals surface area contributed by atoms with Gasteiger partial charge in [-0.2, -0.15) is 0 Å². The van der Waals surface area contributed by atoms with Crippen LogP contribution in [-0.4, -0.2) is 13.1 Å². The molecule has 0 saturated heterocycles. The molecule has 1 rings (SSSR count). The molecule has 0 heterocycles. The van der Waals surface area contributed by atoms with Gasteiger partial charge in [-0.05, 0) is 30.5 Å². The zero-order valence-electron chi connectivity index (χ0n) is 11.5. The molecule has 0 amide bonds. The van der Waals surface area contributed by atoms with Gasteiger partial charge in [0.25, 0.3) is 0 Å². The SMILES string of the molecule is CCCCN(CCCC)c1ccc(CCl)cc1.Cl. The van der Waals surface area contributed by atoms with Crippen molar-refractivity contribution in [2.75, 3.05) is 18.0 Å². The van der Waals surface area contributed by atoms with Gasteiger partial charge in [-0.1, -0.05) is 38.8 Å². The van der Waals surface area contributed by atoms with Crippen molar-refractivity contribution in [3.63, 3.8) is 0 Å². The summed E-state index contributed by atoms with van der Waals surface area (Å²) in [6.07, 6.45) is 5.03. The maximum atomic E-state index is 5.81. The second-order valence-electron chi connectivity index (χ2n) is 4.49. The average molecular weight is 290 g/mol. The van der Waals surface area contributed by atoms with Gasteiger partial charge in [0.15, 0.2) is 0 Å². The van der Waals surface area contributed by atoms with Crippen molar-refractivity contribution in [1.82, 2.24) is 0 Å². The first-order chi connectivity index (χ1) is 8.31. The molecule has 0 unspecified atom stereocenters. The quantitative estimate of drug-likeness (QED) is 0.591. The van der Waals surface area contributed by atoms with Crippen LogP contribution in [0.1, 0.15) is 45.1 Å². The van der Waals surface area contributed by atoms with Gasteiger partial charge >= 0.3 is 0 Å². The number of anilines is 1. The molecule has 1 nitrogen and oxygen atoms in total. The van der Waals surface area contributed by atoms with E-state index in [1.54, 1.807) is 0 Å². The molecular formula is C15H25Cl2N. The van der Waals surface area contributed by atoms with Gasteiger partial charge < -0.3 is 4.90 Å². The molecule has 0 N–H and O–H groups in total. The average Bonchev–Trinajstić information content (AvgIpc) is 2.39. The van der Waals surface area contributed by atoms with E-state index in [2.05, 4.69) is 43.0 Å². The molecule has 18 heavy (non-hydrogen) atoms. The summed E-state index contributed by atoms with van der Waals surface area (Å²) in [4.78, 5) is 2.49. The van der Waals surface area contributed by atoms with Crippen molar-refractivity contribution in [2.45, 2.75) is 45.4 Å². The van der Waals surface area contributed by atoms with Crippen LogP contribution in [0.25, 0.3) is 0 Å². The summed E-state index contributed by atoms with van der Waals surface area (Å²) < 4.78 is 0. The monoisotopic (exact) mass is 289 g/mol. The van der Waals surface area contributed by atoms with Crippen molar-refractivity contribution < 1.29 is 0 Å². The Morgan fingerprint density at radius 3 is 1.83 bits per heavy atom. The zero-order valence-corrected chi connectivity index (χ0v) is 13.1.